The van der Waals surface area contributed by atoms with Gasteiger partial charge < -0.3 is 15.0 Å². The molecule has 0 atom stereocenters. The molecule has 0 unspecified atom stereocenters. The van der Waals surface area contributed by atoms with Crippen molar-refractivity contribution in [1.82, 2.24) is 5.32 Å². The van der Waals surface area contributed by atoms with Crippen LogP contribution in [0.1, 0.15) is 65.0 Å². The molecular weight excluding hydrogens is 296 g/mol. The Morgan fingerprint density at radius 1 is 1.17 bits per heavy atom. The molecule has 3 nitrogen and oxygen atoms in total. The third-order valence-corrected chi connectivity index (χ3v) is 4.86. The number of benzene rings is 1. The Hall–Kier alpha value is -1.48. The number of nitrogens with zero attached hydrogens (tertiary/aromatic N) is 1. The fraction of sp³-hybridized carbons (Fsp3) is 0.619. The number of anilines is 1. The lowest BCUT2D eigenvalue weighted by Crippen LogP contribution is -2.45. The van der Waals surface area contributed by atoms with Crippen LogP contribution in [0.3, 0.4) is 0 Å². The van der Waals surface area contributed by atoms with E-state index in [2.05, 4.69) is 63.0 Å². The molecule has 0 amide bonds. The molecular formula is C21H34N2O. The molecule has 0 fully saturated rings. The smallest absolute Gasteiger partial charge is 0.125 e. The van der Waals surface area contributed by atoms with Crippen LogP contribution < -0.4 is 15.0 Å². The van der Waals surface area contributed by atoms with Crippen LogP contribution in [0, 0.1) is 0 Å². The number of methoxy groups -OCH3 is 1. The highest BCUT2D eigenvalue weighted by molar-refractivity contribution is 5.82. The van der Waals surface area contributed by atoms with Crippen LogP contribution in [0.25, 0.3) is 5.57 Å². The van der Waals surface area contributed by atoms with Crippen LogP contribution in [0.5, 0.6) is 5.75 Å². The SMILES string of the molecule is CCCCN1c2cc(OC)c(CNCCC)cc2C(C)=CC1(C)C. The Morgan fingerprint density at radius 2 is 1.92 bits per heavy atom. The van der Waals surface area contributed by atoms with E-state index in [1.54, 1.807) is 7.11 Å². The van der Waals surface area contributed by atoms with Gasteiger partial charge in [0.2, 0.25) is 0 Å². The topological polar surface area (TPSA) is 24.5 Å². The van der Waals surface area contributed by atoms with Gasteiger partial charge in [0.15, 0.2) is 0 Å². The first-order chi connectivity index (χ1) is 11.4. The zero-order valence-corrected chi connectivity index (χ0v) is 16.3. The van der Waals surface area contributed by atoms with Gasteiger partial charge in [-0.2, -0.15) is 0 Å². The molecule has 0 bridgehead atoms. The van der Waals surface area contributed by atoms with Gasteiger partial charge in [0.05, 0.1) is 12.6 Å². The summed E-state index contributed by atoms with van der Waals surface area (Å²) in [6, 6.07) is 4.56. The zero-order valence-electron chi connectivity index (χ0n) is 16.3. The average molecular weight is 331 g/mol. The van der Waals surface area contributed by atoms with Crippen molar-refractivity contribution in [1.29, 1.82) is 0 Å². The molecule has 0 radical (unpaired) electrons. The Morgan fingerprint density at radius 3 is 2.54 bits per heavy atom. The van der Waals surface area contributed by atoms with E-state index in [4.69, 9.17) is 4.74 Å². The van der Waals surface area contributed by atoms with E-state index in [1.165, 1.54) is 35.2 Å². The molecule has 0 saturated heterocycles. The first-order valence-electron chi connectivity index (χ1n) is 9.33. The molecule has 1 aliphatic heterocycles. The van der Waals surface area contributed by atoms with Crippen molar-refractivity contribution in [3.05, 3.63) is 29.3 Å². The number of hydrogen-bond donors (Lipinski definition) is 1. The van der Waals surface area contributed by atoms with E-state index in [0.717, 1.165) is 31.8 Å². The van der Waals surface area contributed by atoms with E-state index < -0.39 is 0 Å². The maximum Gasteiger partial charge on any atom is 0.125 e. The number of nitrogens with one attached hydrogen (secondary N) is 1. The fourth-order valence-electron chi connectivity index (χ4n) is 3.60. The average Bonchev–Trinajstić information content (AvgIpc) is 2.54. The summed E-state index contributed by atoms with van der Waals surface area (Å²) in [5, 5.41) is 3.50. The maximum atomic E-state index is 5.71. The molecule has 1 aromatic rings. The van der Waals surface area contributed by atoms with E-state index in [9.17, 15) is 0 Å². The lowest BCUT2D eigenvalue weighted by molar-refractivity contribution is 0.407. The highest BCUT2D eigenvalue weighted by Gasteiger charge is 2.31. The zero-order chi connectivity index (χ0) is 17.7. The van der Waals surface area contributed by atoms with Gasteiger partial charge in [-0.05, 0) is 51.8 Å². The highest BCUT2D eigenvalue weighted by atomic mass is 16.5. The Labute approximate surface area is 148 Å². The van der Waals surface area contributed by atoms with Crippen LogP contribution in [0.2, 0.25) is 0 Å². The first kappa shape index (κ1) is 18.9. The molecule has 3 heteroatoms. The molecule has 0 saturated carbocycles. The molecule has 0 aromatic heterocycles. The first-order valence-corrected chi connectivity index (χ1v) is 9.33. The summed E-state index contributed by atoms with van der Waals surface area (Å²) in [4.78, 5) is 2.53. The van der Waals surface area contributed by atoms with E-state index in [1.807, 2.05) is 0 Å². The van der Waals surface area contributed by atoms with Gasteiger partial charge in [0, 0.05) is 36.0 Å². The quantitative estimate of drug-likeness (QED) is 0.679. The summed E-state index contributed by atoms with van der Waals surface area (Å²) >= 11 is 0. The number of fused-ring (bicyclic) bond motifs is 1. The van der Waals surface area contributed by atoms with Crippen molar-refractivity contribution < 1.29 is 4.74 Å². The lowest BCUT2D eigenvalue weighted by atomic mass is 9.87. The van der Waals surface area contributed by atoms with Crippen LogP contribution in [0.15, 0.2) is 18.2 Å². The van der Waals surface area contributed by atoms with Gasteiger partial charge >= 0.3 is 0 Å². The van der Waals surface area contributed by atoms with Gasteiger partial charge in [0.1, 0.15) is 5.75 Å². The van der Waals surface area contributed by atoms with Gasteiger partial charge in [0.25, 0.3) is 0 Å². The minimum Gasteiger partial charge on any atom is -0.496 e. The van der Waals surface area contributed by atoms with Crippen LogP contribution in [-0.2, 0) is 6.54 Å². The third kappa shape index (κ3) is 3.94. The van der Waals surface area contributed by atoms with E-state index in [-0.39, 0.29) is 5.54 Å². The van der Waals surface area contributed by atoms with Crippen molar-refractivity contribution in [2.75, 3.05) is 25.1 Å². The molecule has 1 aliphatic rings. The summed E-state index contributed by atoms with van der Waals surface area (Å²) in [7, 11) is 1.78. The Bertz CT molecular complexity index is 590. The minimum absolute atomic E-state index is 0.0409. The van der Waals surface area contributed by atoms with Crippen molar-refractivity contribution >= 4 is 11.3 Å². The summed E-state index contributed by atoms with van der Waals surface area (Å²) in [6.07, 6.45) is 5.96. The Balaban J connectivity index is 2.44. The van der Waals surface area contributed by atoms with Crippen molar-refractivity contribution in [3.8, 4) is 5.75 Å². The summed E-state index contributed by atoms with van der Waals surface area (Å²) in [6.45, 7) is 14.3. The number of hydrogen-bond acceptors (Lipinski definition) is 3. The van der Waals surface area contributed by atoms with Crippen LogP contribution >= 0.6 is 0 Å². The standard InChI is InChI=1S/C21H34N2O/c1-7-9-11-23-19-13-20(24-6)17(15-22-10-8-2)12-18(19)16(3)14-21(23,4)5/h12-14,22H,7-11,15H2,1-6H3. The van der Waals surface area contributed by atoms with Crippen LogP contribution in [0.4, 0.5) is 5.69 Å². The Kier molecular flexibility index (Phi) is 6.34. The van der Waals surface area contributed by atoms with Crippen molar-refractivity contribution in [2.45, 2.75) is 66.0 Å². The summed E-state index contributed by atoms with van der Waals surface area (Å²) < 4.78 is 5.71. The second-order valence-corrected chi connectivity index (χ2v) is 7.34. The van der Waals surface area contributed by atoms with E-state index >= 15 is 0 Å². The minimum atomic E-state index is 0.0409. The molecule has 0 spiro atoms. The second-order valence-electron chi connectivity index (χ2n) is 7.34. The predicted molar refractivity (Wildman–Crippen MR) is 105 cm³/mol. The molecule has 2 rings (SSSR count). The fourth-order valence-corrected chi connectivity index (χ4v) is 3.60. The number of ether oxygens (including phenoxy) is 1. The number of rotatable bonds is 8. The lowest BCUT2D eigenvalue weighted by Gasteiger charge is -2.43. The molecule has 1 heterocycles. The molecule has 24 heavy (non-hydrogen) atoms. The van der Waals surface area contributed by atoms with Gasteiger partial charge in [-0.1, -0.05) is 26.3 Å². The third-order valence-electron chi connectivity index (χ3n) is 4.86. The molecule has 1 aromatic carbocycles. The molecule has 1 N–H and O–H groups in total. The summed E-state index contributed by atoms with van der Waals surface area (Å²) in [5.41, 5.74) is 5.30. The normalized spacial score (nSPS) is 15.9. The monoisotopic (exact) mass is 330 g/mol. The second kappa shape index (κ2) is 8.06. The van der Waals surface area contributed by atoms with E-state index in [0.29, 0.717) is 0 Å². The van der Waals surface area contributed by atoms with Gasteiger partial charge in [-0.3, -0.25) is 0 Å². The maximum absolute atomic E-state index is 5.71. The largest absolute Gasteiger partial charge is 0.496 e. The number of unbranched alkanes of at least 4 members (excludes halogenated alkanes) is 1. The predicted octanol–water partition coefficient (Wildman–Crippen LogP) is 5.00. The summed E-state index contributed by atoms with van der Waals surface area (Å²) in [5.74, 6) is 0.990. The highest BCUT2D eigenvalue weighted by Crippen LogP contribution is 2.42. The van der Waals surface area contributed by atoms with Crippen molar-refractivity contribution in [2.24, 2.45) is 0 Å². The van der Waals surface area contributed by atoms with Gasteiger partial charge in [-0.25, -0.2) is 0 Å². The van der Waals surface area contributed by atoms with Crippen molar-refractivity contribution in [3.63, 3.8) is 0 Å². The number of allylic oxidation sites excluding steroid dienone is 1. The van der Waals surface area contributed by atoms with Gasteiger partial charge in [-0.15, -0.1) is 0 Å². The molecule has 134 valence electrons. The van der Waals surface area contributed by atoms with Crippen LogP contribution in [-0.4, -0.2) is 25.7 Å². The molecule has 0 aliphatic carbocycles.